The van der Waals surface area contributed by atoms with Crippen molar-refractivity contribution in [1.29, 1.82) is 0 Å². The number of ether oxygens (including phenoxy) is 3. The second-order valence-electron chi connectivity index (χ2n) is 7.33. The third-order valence-corrected chi connectivity index (χ3v) is 5.25. The van der Waals surface area contributed by atoms with E-state index >= 15 is 0 Å². The van der Waals surface area contributed by atoms with Gasteiger partial charge in [0.05, 0.1) is 19.8 Å². The number of carbonyl (C=O) groups is 1. The highest BCUT2D eigenvalue weighted by Gasteiger charge is 2.41. The van der Waals surface area contributed by atoms with Gasteiger partial charge in [-0.3, -0.25) is 4.79 Å². The van der Waals surface area contributed by atoms with Crippen LogP contribution in [0.4, 0.5) is 0 Å². The molecule has 0 radical (unpaired) electrons. The van der Waals surface area contributed by atoms with Gasteiger partial charge in [-0.25, -0.2) is 0 Å². The van der Waals surface area contributed by atoms with Gasteiger partial charge in [0.25, 0.3) is 5.91 Å². The third kappa shape index (κ3) is 5.34. The van der Waals surface area contributed by atoms with Crippen LogP contribution >= 0.6 is 12.4 Å². The number of hydrogen-bond donors (Lipinski definition) is 2. The Kier molecular flexibility index (Phi) is 7.76. The van der Waals surface area contributed by atoms with Gasteiger partial charge in [0, 0.05) is 12.1 Å². The zero-order valence-electron chi connectivity index (χ0n) is 17.1. The molecule has 0 aliphatic heterocycles. The maximum Gasteiger partial charge on any atom is 0.252 e. The minimum absolute atomic E-state index is 0. The first-order chi connectivity index (χ1) is 13.5. The lowest BCUT2D eigenvalue weighted by Crippen LogP contribution is -2.53. The van der Waals surface area contributed by atoms with E-state index in [-0.39, 0.29) is 18.3 Å². The highest BCUT2D eigenvalue weighted by molar-refractivity contribution is 5.96. The van der Waals surface area contributed by atoms with Crippen molar-refractivity contribution in [3.63, 3.8) is 0 Å². The molecule has 1 amide bonds. The van der Waals surface area contributed by atoms with Gasteiger partial charge in [-0.2, -0.15) is 0 Å². The van der Waals surface area contributed by atoms with E-state index in [9.17, 15) is 4.79 Å². The van der Waals surface area contributed by atoms with Crippen LogP contribution in [-0.2, 0) is 6.61 Å². The molecular weight excluding hydrogens is 392 g/mol. The highest BCUT2D eigenvalue weighted by atomic mass is 35.5. The molecule has 0 saturated heterocycles. The number of halogens is 1. The summed E-state index contributed by atoms with van der Waals surface area (Å²) >= 11 is 0. The molecule has 1 aliphatic rings. The lowest BCUT2D eigenvalue weighted by molar-refractivity contribution is 0.0897. The fraction of sp³-hybridized carbons (Fsp3) is 0.409. The summed E-state index contributed by atoms with van der Waals surface area (Å²) in [5, 5.41) is 3.09. The Morgan fingerprint density at radius 2 is 1.72 bits per heavy atom. The topological polar surface area (TPSA) is 82.8 Å². The van der Waals surface area contributed by atoms with Crippen LogP contribution in [0.25, 0.3) is 0 Å². The number of hydrogen-bond acceptors (Lipinski definition) is 5. The predicted octanol–water partition coefficient (Wildman–Crippen LogP) is 3.56. The number of amides is 1. The van der Waals surface area contributed by atoms with Crippen LogP contribution in [0.3, 0.4) is 0 Å². The molecule has 0 bridgehead atoms. The third-order valence-electron chi connectivity index (χ3n) is 5.25. The van der Waals surface area contributed by atoms with Crippen molar-refractivity contribution >= 4 is 18.3 Å². The van der Waals surface area contributed by atoms with E-state index in [2.05, 4.69) is 5.32 Å². The average Bonchev–Trinajstić information content (AvgIpc) is 3.58. The first-order valence-corrected chi connectivity index (χ1v) is 9.46. The van der Waals surface area contributed by atoms with Gasteiger partial charge in [-0.1, -0.05) is 30.3 Å². The van der Waals surface area contributed by atoms with Crippen molar-refractivity contribution < 1.29 is 19.0 Å². The van der Waals surface area contributed by atoms with Crippen LogP contribution < -0.4 is 25.3 Å². The van der Waals surface area contributed by atoms with Gasteiger partial charge in [-0.15, -0.1) is 12.4 Å². The van der Waals surface area contributed by atoms with Gasteiger partial charge in [-0.05, 0) is 43.4 Å². The van der Waals surface area contributed by atoms with Crippen LogP contribution in [0.5, 0.6) is 17.2 Å². The van der Waals surface area contributed by atoms with Crippen molar-refractivity contribution in [2.45, 2.75) is 31.9 Å². The van der Waals surface area contributed by atoms with E-state index in [0.29, 0.717) is 41.9 Å². The van der Waals surface area contributed by atoms with Crippen molar-refractivity contribution in [3.05, 3.63) is 53.6 Å². The number of benzene rings is 2. The first-order valence-electron chi connectivity index (χ1n) is 9.46. The molecule has 1 fully saturated rings. The van der Waals surface area contributed by atoms with Crippen LogP contribution in [0.15, 0.2) is 42.5 Å². The normalized spacial score (nSPS) is 14.9. The molecule has 1 saturated carbocycles. The van der Waals surface area contributed by atoms with Crippen LogP contribution in [-0.4, -0.2) is 32.2 Å². The SMILES string of the molecule is COc1cc(C(=O)NC(C)(CN)C2CC2)cc(OC)c1OCc1ccccc1.Cl. The minimum atomic E-state index is -0.403. The van der Waals surface area contributed by atoms with E-state index in [0.717, 1.165) is 18.4 Å². The van der Waals surface area contributed by atoms with Crippen molar-refractivity contribution in [2.75, 3.05) is 20.8 Å². The van der Waals surface area contributed by atoms with Gasteiger partial charge in [0.1, 0.15) is 6.61 Å². The Balaban J connectivity index is 0.00000300. The highest BCUT2D eigenvalue weighted by Crippen LogP contribution is 2.41. The molecule has 7 heteroatoms. The predicted molar refractivity (Wildman–Crippen MR) is 115 cm³/mol. The number of methoxy groups -OCH3 is 2. The Labute approximate surface area is 178 Å². The summed E-state index contributed by atoms with van der Waals surface area (Å²) in [6.07, 6.45) is 2.18. The van der Waals surface area contributed by atoms with Crippen LogP contribution in [0.2, 0.25) is 0 Å². The average molecular weight is 421 g/mol. The molecule has 0 heterocycles. The Bertz CT molecular complexity index is 802. The van der Waals surface area contributed by atoms with Crippen molar-refractivity contribution in [2.24, 2.45) is 11.7 Å². The van der Waals surface area contributed by atoms with Crippen LogP contribution in [0.1, 0.15) is 35.7 Å². The number of rotatable bonds is 9. The lowest BCUT2D eigenvalue weighted by atomic mass is 9.95. The standard InChI is InChI=1S/C22H28N2O4.ClH/c1-22(14-23,17-9-10-17)24-21(25)16-11-18(26-2)20(19(12-16)27-3)28-13-15-7-5-4-6-8-15;/h4-8,11-12,17H,9-10,13-14,23H2,1-3H3,(H,24,25);1H. The fourth-order valence-electron chi connectivity index (χ4n) is 3.25. The molecule has 1 atom stereocenters. The van der Waals surface area contributed by atoms with Gasteiger partial charge >= 0.3 is 0 Å². The van der Waals surface area contributed by atoms with E-state index in [4.69, 9.17) is 19.9 Å². The summed E-state index contributed by atoms with van der Waals surface area (Å²) < 4.78 is 16.9. The monoisotopic (exact) mass is 420 g/mol. The molecule has 1 aliphatic carbocycles. The number of nitrogens with one attached hydrogen (secondary N) is 1. The second kappa shape index (κ2) is 9.85. The minimum Gasteiger partial charge on any atom is -0.493 e. The number of nitrogens with two attached hydrogens (primary N) is 1. The second-order valence-corrected chi connectivity index (χ2v) is 7.33. The van der Waals surface area contributed by atoms with Gasteiger partial charge < -0.3 is 25.3 Å². The molecule has 3 rings (SSSR count). The molecule has 29 heavy (non-hydrogen) atoms. The van der Waals surface area contributed by atoms with E-state index in [1.807, 2.05) is 37.3 Å². The summed E-state index contributed by atoms with van der Waals surface area (Å²) in [6, 6.07) is 13.2. The molecular formula is C22H29ClN2O4. The molecule has 158 valence electrons. The quantitative estimate of drug-likeness (QED) is 0.648. The maximum atomic E-state index is 12.9. The molecule has 2 aromatic rings. The largest absolute Gasteiger partial charge is 0.493 e. The summed E-state index contributed by atoms with van der Waals surface area (Å²) in [5.41, 5.74) is 6.99. The first kappa shape index (κ1) is 22.8. The Hall–Kier alpha value is -2.44. The van der Waals surface area contributed by atoms with Gasteiger partial charge in [0.15, 0.2) is 11.5 Å². The van der Waals surface area contributed by atoms with Crippen LogP contribution in [0, 0.1) is 5.92 Å². The van der Waals surface area contributed by atoms with E-state index in [1.54, 1.807) is 26.4 Å². The van der Waals surface area contributed by atoms with Gasteiger partial charge in [0.2, 0.25) is 5.75 Å². The maximum absolute atomic E-state index is 12.9. The smallest absolute Gasteiger partial charge is 0.252 e. The molecule has 1 unspecified atom stereocenters. The van der Waals surface area contributed by atoms with E-state index < -0.39 is 5.54 Å². The summed E-state index contributed by atoms with van der Waals surface area (Å²) in [7, 11) is 3.08. The summed E-state index contributed by atoms with van der Waals surface area (Å²) in [4.78, 5) is 12.9. The zero-order valence-corrected chi connectivity index (χ0v) is 17.9. The summed E-state index contributed by atoms with van der Waals surface area (Å²) in [5.74, 6) is 1.58. The van der Waals surface area contributed by atoms with Crippen molar-refractivity contribution in [1.82, 2.24) is 5.32 Å². The zero-order chi connectivity index (χ0) is 20.1. The Morgan fingerprint density at radius 1 is 1.14 bits per heavy atom. The molecule has 6 nitrogen and oxygen atoms in total. The fourth-order valence-corrected chi connectivity index (χ4v) is 3.25. The molecule has 2 aromatic carbocycles. The van der Waals surface area contributed by atoms with Crippen molar-refractivity contribution in [3.8, 4) is 17.2 Å². The summed E-state index contributed by atoms with van der Waals surface area (Å²) in [6.45, 7) is 2.76. The molecule has 0 spiro atoms. The molecule has 3 N–H and O–H groups in total. The van der Waals surface area contributed by atoms with E-state index in [1.165, 1.54) is 0 Å². The number of carbonyl (C=O) groups excluding carboxylic acids is 1. The molecule has 0 aromatic heterocycles. The lowest BCUT2D eigenvalue weighted by Gasteiger charge is -2.29. The Morgan fingerprint density at radius 3 is 2.21 bits per heavy atom.